The molecule has 0 radical (unpaired) electrons. The molecule has 1 fully saturated rings. The zero-order valence-electron chi connectivity index (χ0n) is 13.1. The second-order valence-corrected chi connectivity index (χ2v) is 5.56. The molecule has 1 aliphatic rings. The number of nitrogens with zero attached hydrogens (tertiary/aromatic N) is 1. The quantitative estimate of drug-likeness (QED) is 0.872. The zero-order chi connectivity index (χ0) is 15.2. The fraction of sp³-hybridized carbons (Fsp3) is 0.625. The van der Waals surface area contributed by atoms with E-state index >= 15 is 0 Å². The first kappa shape index (κ1) is 16.2. The lowest BCUT2D eigenvalue weighted by atomic mass is 10.1. The lowest BCUT2D eigenvalue weighted by Gasteiger charge is -2.31. The Hall–Kier alpha value is -1.17. The number of morpholine rings is 1. The van der Waals surface area contributed by atoms with E-state index < -0.39 is 0 Å². The molecule has 0 aliphatic carbocycles. The Morgan fingerprint density at radius 1 is 1.33 bits per heavy atom. The van der Waals surface area contributed by atoms with Crippen molar-refractivity contribution < 1.29 is 13.9 Å². The molecule has 2 rings (SSSR count). The minimum atomic E-state index is -0.229. The number of hydrogen-bond acceptors (Lipinski definition) is 4. The number of ether oxygens (including phenoxy) is 2. The van der Waals surface area contributed by atoms with Gasteiger partial charge in [-0.05, 0) is 26.0 Å². The number of methoxy groups -OCH3 is 1. The fourth-order valence-corrected chi connectivity index (χ4v) is 2.85. The molecule has 0 bridgehead atoms. The van der Waals surface area contributed by atoms with Crippen molar-refractivity contribution in [2.45, 2.75) is 25.9 Å². The van der Waals surface area contributed by atoms with Crippen LogP contribution in [0.1, 0.15) is 25.5 Å². The van der Waals surface area contributed by atoms with Gasteiger partial charge in [0, 0.05) is 37.3 Å². The maximum Gasteiger partial charge on any atom is 0.131 e. The molecule has 0 aromatic heterocycles. The summed E-state index contributed by atoms with van der Waals surface area (Å²) in [7, 11) is 1.57. The molecular weight excluding hydrogens is 271 g/mol. The Morgan fingerprint density at radius 2 is 2.05 bits per heavy atom. The van der Waals surface area contributed by atoms with Gasteiger partial charge in [0.05, 0.1) is 20.3 Å². The third kappa shape index (κ3) is 4.40. The minimum absolute atomic E-state index is 0.0998. The van der Waals surface area contributed by atoms with E-state index in [-0.39, 0.29) is 17.9 Å². The van der Waals surface area contributed by atoms with E-state index in [4.69, 9.17) is 9.47 Å². The molecule has 5 heteroatoms. The van der Waals surface area contributed by atoms with Gasteiger partial charge in [0.25, 0.3) is 0 Å². The molecule has 0 spiro atoms. The molecule has 1 saturated heterocycles. The number of nitrogens with one attached hydrogen (secondary N) is 1. The van der Waals surface area contributed by atoms with Crippen molar-refractivity contribution >= 4 is 0 Å². The molecule has 1 aromatic carbocycles. The summed E-state index contributed by atoms with van der Waals surface area (Å²) in [5, 5.41) is 3.46. The molecule has 1 aliphatic heterocycles. The average Bonchev–Trinajstić information content (AvgIpc) is 2.47. The molecule has 2 atom stereocenters. The molecule has 118 valence electrons. The first-order valence-electron chi connectivity index (χ1n) is 7.50. The molecule has 0 saturated carbocycles. The third-order valence-electron chi connectivity index (χ3n) is 3.84. The Morgan fingerprint density at radius 3 is 2.71 bits per heavy atom. The van der Waals surface area contributed by atoms with Crippen LogP contribution in [0, 0.1) is 5.82 Å². The van der Waals surface area contributed by atoms with Crippen LogP contribution in [0.25, 0.3) is 0 Å². The van der Waals surface area contributed by atoms with Gasteiger partial charge in [0.1, 0.15) is 11.6 Å². The summed E-state index contributed by atoms with van der Waals surface area (Å²) >= 11 is 0. The molecule has 2 unspecified atom stereocenters. The normalized spacial score (nSPS) is 19.2. The van der Waals surface area contributed by atoms with Crippen molar-refractivity contribution in [1.29, 1.82) is 0 Å². The summed E-state index contributed by atoms with van der Waals surface area (Å²) in [4.78, 5) is 2.37. The lowest BCUT2D eigenvalue weighted by molar-refractivity contribution is 0.0339. The van der Waals surface area contributed by atoms with Crippen LogP contribution < -0.4 is 10.1 Å². The first-order valence-corrected chi connectivity index (χ1v) is 7.50. The van der Waals surface area contributed by atoms with Crippen molar-refractivity contribution in [1.82, 2.24) is 10.2 Å². The van der Waals surface area contributed by atoms with Crippen molar-refractivity contribution in [3.63, 3.8) is 0 Å². The topological polar surface area (TPSA) is 33.7 Å². The highest BCUT2D eigenvalue weighted by Crippen LogP contribution is 2.27. The maximum absolute atomic E-state index is 14.0. The monoisotopic (exact) mass is 296 g/mol. The minimum Gasteiger partial charge on any atom is -0.496 e. The molecule has 4 nitrogen and oxygen atoms in total. The van der Waals surface area contributed by atoms with Crippen LogP contribution >= 0.6 is 0 Å². The molecule has 0 amide bonds. The van der Waals surface area contributed by atoms with Crippen LogP contribution in [0.2, 0.25) is 0 Å². The number of rotatable bonds is 6. The van der Waals surface area contributed by atoms with Gasteiger partial charge in [-0.15, -0.1) is 0 Å². The average molecular weight is 296 g/mol. The molecule has 1 N–H and O–H groups in total. The van der Waals surface area contributed by atoms with E-state index in [1.165, 1.54) is 6.07 Å². The van der Waals surface area contributed by atoms with Crippen LogP contribution in [0.3, 0.4) is 0 Å². The van der Waals surface area contributed by atoms with Crippen LogP contribution in [0.5, 0.6) is 5.75 Å². The van der Waals surface area contributed by atoms with Crippen LogP contribution in [-0.2, 0) is 4.74 Å². The van der Waals surface area contributed by atoms with Crippen LogP contribution in [0.4, 0.5) is 4.39 Å². The smallest absolute Gasteiger partial charge is 0.131 e. The second-order valence-electron chi connectivity index (χ2n) is 5.56. The summed E-state index contributed by atoms with van der Waals surface area (Å²) in [6.07, 6.45) is 0. The second kappa shape index (κ2) is 7.73. The standard InChI is InChI=1S/C16H25FN2O2/c1-12(11-19-7-9-21-10-8-19)18-13(2)16-14(17)5-4-6-15(16)20-3/h4-6,12-13,18H,7-11H2,1-3H3. The van der Waals surface area contributed by atoms with E-state index in [9.17, 15) is 4.39 Å². The van der Waals surface area contributed by atoms with Gasteiger partial charge in [-0.1, -0.05) is 6.07 Å². The van der Waals surface area contributed by atoms with Gasteiger partial charge in [0.2, 0.25) is 0 Å². The van der Waals surface area contributed by atoms with Gasteiger partial charge >= 0.3 is 0 Å². The van der Waals surface area contributed by atoms with E-state index in [2.05, 4.69) is 17.1 Å². The van der Waals surface area contributed by atoms with E-state index in [1.54, 1.807) is 19.2 Å². The van der Waals surface area contributed by atoms with E-state index in [0.29, 0.717) is 11.3 Å². The summed E-state index contributed by atoms with van der Waals surface area (Å²) in [5.74, 6) is 0.362. The van der Waals surface area contributed by atoms with Crippen molar-refractivity contribution in [3.05, 3.63) is 29.6 Å². The first-order chi connectivity index (χ1) is 10.1. The zero-order valence-corrected chi connectivity index (χ0v) is 13.1. The van der Waals surface area contributed by atoms with Gasteiger partial charge in [-0.3, -0.25) is 4.90 Å². The van der Waals surface area contributed by atoms with Crippen LogP contribution in [0.15, 0.2) is 18.2 Å². The lowest BCUT2D eigenvalue weighted by Crippen LogP contribution is -2.45. The Bertz CT molecular complexity index is 450. The Balaban J connectivity index is 1.95. The van der Waals surface area contributed by atoms with Gasteiger partial charge in [-0.25, -0.2) is 4.39 Å². The largest absolute Gasteiger partial charge is 0.496 e. The fourth-order valence-electron chi connectivity index (χ4n) is 2.85. The van der Waals surface area contributed by atoms with Gasteiger partial charge < -0.3 is 14.8 Å². The van der Waals surface area contributed by atoms with Crippen molar-refractivity contribution in [2.75, 3.05) is 40.0 Å². The van der Waals surface area contributed by atoms with E-state index in [1.807, 2.05) is 6.92 Å². The Labute approximate surface area is 126 Å². The van der Waals surface area contributed by atoms with Crippen molar-refractivity contribution in [2.24, 2.45) is 0 Å². The molecule has 1 aromatic rings. The highest BCUT2D eigenvalue weighted by molar-refractivity contribution is 5.36. The highest BCUT2D eigenvalue weighted by Gasteiger charge is 2.20. The van der Waals surface area contributed by atoms with Gasteiger partial charge in [-0.2, -0.15) is 0 Å². The summed E-state index contributed by atoms with van der Waals surface area (Å²) < 4.78 is 24.7. The summed E-state index contributed by atoms with van der Waals surface area (Å²) in [5.41, 5.74) is 0.592. The number of halogens is 1. The molecular formula is C16H25FN2O2. The van der Waals surface area contributed by atoms with E-state index in [0.717, 1.165) is 32.8 Å². The van der Waals surface area contributed by atoms with Crippen molar-refractivity contribution in [3.8, 4) is 5.75 Å². The predicted molar refractivity (Wildman–Crippen MR) is 81.2 cm³/mol. The van der Waals surface area contributed by atoms with Crippen LogP contribution in [-0.4, -0.2) is 50.9 Å². The third-order valence-corrected chi connectivity index (χ3v) is 3.84. The SMILES string of the molecule is COc1cccc(F)c1C(C)NC(C)CN1CCOCC1. The maximum atomic E-state index is 14.0. The molecule has 21 heavy (non-hydrogen) atoms. The summed E-state index contributed by atoms with van der Waals surface area (Å²) in [6, 6.07) is 5.10. The Kier molecular flexibility index (Phi) is 5.96. The summed E-state index contributed by atoms with van der Waals surface area (Å²) in [6.45, 7) is 8.54. The highest BCUT2D eigenvalue weighted by atomic mass is 19.1. The molecule has 1 heterocycles. The number of benzene rings is 1. The van der Waals surface area contributed by atoms with Gasteiger partial charge in [0.15, 0.2) is 0 Å². The predicted octanol–water partition coefficient (Wildman–Crippen LogP) is 2.21. The number of hydrogen-bond donors (Lipinski definition) is 1.